The third kappa shape index (κ3) is 3.43. The molecule has 0 spiro atoms. The monoisotopic (exact) mass is 366 g/mol. The van der Waals surface area contributed by atoms with Crippen LogP contribution >= 0.6 is 11.3 Å². The number of piperidine rings is 1. The zero-order valence-corrected chi connectivity index (χ0v) is 14.9. The maximum atomic E-state index is 10.9. The van der Waals surface area contributed by atoms with Crippen LogP contribution in [0.2, 0.25) is 0 Å². The average molecular weight is 366 g/mol. The van der Waals surface area contributed by atoms with E-state index in [1.807, 2.05) is 18.3 Å². The molecule has 3 heterocycles. The summed E-state index contributed by atoms with van der Waals surface area (Å²) in [7, 11) is 0. The summed E-state index contributed by atoms with van der Waals surface area (Å²) in [6, 6.07) is 10.7. The first-order valence-corrected chi connectivity index (χ1v) is 9.41. The Morgan fingerprint density at radius 3 is 2.19 bits per heavy atom. The molecule has 0 bridgehead atoms. The van der Waals surface area contributed by atoms with Gasteiger partial charge in [-0.15, -0.1) is 10.2 Å². The Kier molecular flexibility index (Phi) is 4.62. The van der Waals surface area contributed by atoms with Crippen LogP contribution in [-0.4, -0.2) is 39.3 Å². The van der Waals surface area contributed by atoms with Gasteiger partial charge in [0.15, 0.2) is 0 Å². The maximum absolute atomic E-state index is 10.9. The van der Waals surface area contributed by atoms with Gasteiger partial charge in [0.25, 0.3) is 0 Å². The predicted molar refractivity (Wildman–Crippen MR) is 102 cm³/mol. The van der Waals surface area contributed by atoms with Crippen molar-refractivity contribution in [2.75, 3.05) is 18.0 Å². The largest absolute Gasteiger partial charge is 0.478 e. The Morgan fingerprint density at radius 2 is 1.58 bits per heavy atom. The third-order valence-electron chi connectivity index (χ3n) is 4.48. The van der Waals surface area contributed by atoms with E-state index in [2.05, 4.69) is 20.1 Å². The SMILES string of the molecule is O=C(O)c1ccc(-c2nnc(-c3ccc(N4CCCCC4)nc3)s2)cc1. The Bertz CT molecular complexity index is 900. The van der Waals surface area contributed by atoms with E-state index >= 15 is 0 Å². The van der Waals surface area contributed by atoms with E-state index in [-0.39, 0.29) is 5.56 Å². The minimum Gasteiger partial charge on any atom is -0.478 e. The van der Waals surface area contributed by atoms with Gasteiger partial charge in [0.05, 0.1) is 5.56 Å². The Balaban J connectivity index is 1.53. The van der Waals surface area contributed by atoms with Crippen molar-refractivity contribution in [3.05, 3.63) is 48.2 Å². The summed E-state index contributed by atoms with van der Waals surface area (Å²) in [5.41, 5.74) is 2.06. The lowest BCUT2D eigenvalue weighted by Crippen LogP contribution is -2.29. The highest BCUT2D eigenvalue weighted by Crippen LogP contribution is 2.30. The second-order valence-corrected chi connectivity index (χ2v) is 7.23. The summed E-state index contributed by atoms with van der Waals surface area (Å²) in [5.74, 6) is 0.0804. The Morgan fingerprint density at radius 1 is 0.923 bits per heavy atom. The van der Waals surface area contributed by atoms with E-state index in [0.29, 0.717) is 0 Å². The van der Waals surface area contributed by atoms with Gasteiger partial charge in [-0.2, -0.15) is 0 Å². The van der Waals surface area contributed by atoms with Crippen LogP contribution < -0.4 is 4.90 Å². The average Bonchev–Trinajstić information content (AvgIpc) is 3.19. The highest BCUT2D eigenvalue weighted by atomic mass is 32.1. The summed E-state index contributed by atoms with van der Waals surface area (Å²) >= 11 is 1.47. The number of pyridine rings is 1. The number of carboxylic acids is 1. The number of aromatic carboxylic acids is 1. The van der Waals surface area contributed by atoms with Crippen molar-refractivity contribution in [2.45, 2.75) is 19.3 Å². The second-order valence-electron chi connectivity index (χ2n) is 6.25. The lowest BCUT2D eigenvalue weighted by Gasteiger charge is -2.27. The van der Waals surface area contributed by atoms with Crippen LogP contribution in [0.25, 0.3) is 21.1 Å². The molecule has 1 N–H and O–H groups in total. The van der Waals surface area contributed by atoms with Gasteiger partial charge < -0.3 is 10.0 Å². The molecule has 4 rings (SSSR count). The number of carbonyl (C=O) groups is 1. The van der Waals surface area contributed by atoms with E-state index in [1.54, 1.807) is 24.3 Å². The molecule has 1 saturated heterocycles. The maximum Gasteiger partial charge on any atom is 0.335 e. The molecular weight excluding hydrogens is 348 g/mol. The number of carboxylic acid groups (broad SMARTS) is 1. The first kappa shape index (κ1) is 16.7. The molecule has 2 aromatic heterocycles. The number of aromatic nitrogens is 3. The number of rotatable bonds is 4. The first-order valence-electron chi connectivity index (χ1n) is 8.59. The molecule has 26 heavy (non-hydrogen) atoms. The molecule has 1 aromatic carbocycles. The molecule has 1 aliphatic heterocycles. The number of hydrogen-bond acceptors (Lipinski definition) is 6. The van der Waals surface area contributed by atoms with Gasteiger partial charge in [-0.25, -0.2) is 9.78 Å². The van der Waals surface area contributed by atoms with Crippen LogP contribution in [0.4, 0.5) is 5.82 Å². The lowest BCUT2D eigenvalue weighted by molar-refractivity contribution is 0.0697. The highest BCUT2D eigenvalue weighted by Gasteiger charge is 2.14. The Labute approximate surface area is 155 Å². The molecule has 0 amide bonds. The summed E-state index contributed by atoms with van der Waals surface area (Å²) in [6.07, 6.45) is 5.60. The van der Waals surface area contributed by atoms with Crippen LogP contribution in [0.1, 0.15) is 29.6 Å². The van der Waals surface area contributed by atoms with Gasteiger partial charge in [-0.05, 0) is 43.5 Å². The number of nitrogens with zero attached hydrogens (tertiary/aromatic N) is 4. The van der Waals surface area contributed by atoms with E-state index in [0.717, 1.165) is 40.0 Å². The number of anilines is 1. The molecule has 0 saturated carbocycles. The number of hydrogen-bond donors (Lipinski definition) is 1. The standard InChI is InChI=1S/C19H18N4O2S/c24-19(25)14-6-4-13(5-7-14)17-21-22-18(26-17)15-8-9-16(20-12-15)23-10-2-1-3-11-23/h4-9,12H,1-3,10-11H2,(H,24,25). The van der Waals surface area contributed by atoms with Crippen molar-refractivity contribution in [2.24, 2.45) is 0 Å². The van der Waals surface area contributed by atoms with Crippen LogP contribution in [0, 0.1) is 0 Å². The summed E-state index contributed by atoms with van der Waals surface area (Å²) in [5, 5.41) is 19.0. The normalized spacial score (nSPS) is 14.4. The molecule has 3 aromatic rings. The van der Waals surface area contributed by atoms with Gasteiger partial charge >= 0.3 is 5.97 Å². The van der Waals surface area contributed by atoms with Crippen molar-refractivity contribution in [1.29, 1.82) is 0 Å². The zero-order valence-electron chi connectivity index (χ0n) is 14.1. The first-order chi connectivity index (χ1) is 12.7. The summed E-state index contributed by atoms with van der Waals surface area (Å²) in [4.78, 5) is 17.9. The van der Waals surface area contributed by atoms with Crippen molar-refractivity contribution >= 4 is 23.1 Å². The van der Waals surface area contributed by atoms with Crippen molar-refractivity contribution < 1.29 is 9.90 Å². The topological polar surface area (TPSA) is 79.2 Å². The lowest BCUT2D eigenvalue weighted by atomic mass is 10.1. The summed E-state index contributed by atoms with van der Waals surface area (Å²) in [6.45, 7) is 2.14. The van der Waals surface area contributed by atoms with Crippen LogP contribution in [0.5, 0.6) is 0 Å². The third-order valence-corrected chi connectivity index (χ3v) is 5.50. The Hall–Kier alpha value is -2.80. The van der Waals surface area contributed by atoms with Gasteiger partial charge in [0.1, 0.15) is 15.8 Å². The molecule has 0 unspecified atom stereocenters. The molecule has 1 aliphatic rings. The van der Waals surface area contributed by atoms with Gasteiger partial charge in [-0.3, -0.25) is 0 Å². The van der Waals surface area contributed by atoms with E-state index in [1.165, 1.54) is 30.6 Å². The van der Waals surface area contributed by atoms with Crippen molar-refractivity contribution in [3.63, 3.8) is 0 Å². The molecule has 132 valence electrons. The highest BCUT2D eigenvalue weighted by molar-refractivity contribution is 7.17. The van der Waals surface area contributed by atoms with Crippen LogP contribution in [-0.2, 0) is 0 Å². The molecule has 0 aliphatic carbocycles. The van der Waals surface area contributed by atoms with Gasteiger partial charge in [-0.1, -0.05) is 23.5 Å². The molecule has 6 nitrogen and oxygen atoms in total. The van der Waals surface area contributed by atoms with E-state index in [4.69, 9.17) is 5.11 Å². The quantitative estimate of drug-likeness (QED) is 0.753. The van der Waals surface area contributed by atoms with Gasteiger partial charge in [0.2, 0.25) is 0 Å². The van der Waals surface area contributed by atoms with Gasteiger partial charge in [0, 0.05) is 30.4 Å². The molecular formula is C19H18N4O2S. The second kappa shape index (κ2) is 7.21. The fraction of sp³-hybridized carbons (Fsp3) is 0.263. The minimum absolute atomic E-state index is 0.260. The fourth-order valence-corrected chi connectivity index (χ4v) is 3.87. The van der Waals surface area contributed by atoms with E-state index in [9.17, 15) is 4.79 Å². The summed E-state index contributed by atoms with van der Waals surface area (Å²) < 4.78 is 0. The molecule has 7 heteroatoms. The molecule has 1 fully saturated rings. The zero-order chi connectivity index (χ0) is 17.9. The number of benzene rings is 1. The van der Waals surface area contributed by atoms with Crippen molar-refractivity contribution in [1.82, 2.24) is 15.2 Å². The smallest absolute Gasteiger partial charge is 0.335 e. The molecule has 0 radical (unpaired) electrons. The predicted octanol–water partition coefficient (Wildman–Crippen LogP) is 3.96. The molecule has 0 atom stereocenters. The van der Waals surface area contributed by atoms with Crippen LogP contribution in [0.15, 0.2) is 42.6 Å². The van der Waals surface area contributed by atoms with Crippen molar-refractivity contribution in [3.8, 4) is 21.1 Å². The van der Waals surface area contributed by atoms with Crippen LogP contribution in [0.3, 0.4) is 0 Å². The fourth-order valence-electron chi connectivity index (χ4n) is 3.03. The van der Waals surface area contributed by atoms with E-state index < -0.39 is 5.97 Å². The minimum atomic E-state index is -0.936.